The van der Waals surface area contributed by atoms with E-state index in [4.69, 9.17) is 4.74 Å². The molecule has 0 saturated carbocycles. The Bertz CT molecular complexity index is 505. The Morgan fingerprint density at radius 1 is 1.40 bits per heavy atom. The third-order valence-electron chi connectivity index (χ3n) is 2.76. The van der Waals surface area contributed by atoms with Crippen LogP contribution in [0.5, 0.6) is 0 Å². The standard InChI is InChI=1S/C13H23N3O3S/c1-4-8-14-13-12(7-6-9-15-13)20(17,18)16(3)10-11-19-5-2/h6-7,9H,4-5,8,10-11H2,1-3H3,(H,14,15). The molecule has 1 aromatic heterocycles. The molecule has 0 radical (unpaired) electrons. The summed E-state index contributed by atoms with van der Waals surface area (Å²) in [5, 5.41) is 3.04. The van der Waals surface area contributed by atoms with Gasteiger partial charge in [0.2, 0.25) is 10.0 Å². The average Bonchev–Trinajstić information content (AvgIpc) is 2.45. The van der Waals surface area contributed by atoms with Gasteiger partial charge in [0.25, 0.3) is 0 Å². The highest BCUT2D eigenvalue weighted by Gasteiger charge is 2.24. The van der Waals surface area contributed by atoms with Gasteiger partial charge in [-0.2, -0.15) is 4.31 Å². The molecule has 1 N–H and O–H groups in total. The quantitative estimate of drug-likeness (QED) is 0.701. The van der Waals surface area contributed by atoms with Crippen LogP contribution in [0.1, 0.15) is 20.3 Å². The molecule has 0 saturated heterocycles. The second-order valence-corrected chi connectivity index (χ2v) is 6.31. The van der Waals surface area contributed by atoms with Crippen molar-refractivity contribution in [1.29, 1.82) is 0 Å². The van der Waals surface area contributed by atoms with E-state index in [1.54, 1.807) is 25.4 Å². The van der Waals surface area contributed by atoms with Gasteiger partial charge in [0.05, 0.1) is 6.61 Å². The molecule has 1 heterocycles. The SMILES string of the molecule is CCCNc1ncccc1S(=O)(=O)N(C)CCOCC. The molecule has 7 heteroatoms. The molecule has 20 heavy (non-hydrogen) atoms. The highest BCUT2D eigenvalue weighted by molar-refractivity contribution is 7.89. The Morgan fingerprint density at radius 2 is 2.15 bits per heavy atom. The molecule has 0 fully saturated rings. The number of nitrogens with one attached hydrogen (secondary N) is 1. The molecular weight excluding hydrogens is 278 g/mol. The minimum Gasteiger partial charge on any atom is -0.380 e. The predicted molar refractivity (Wildman–Crippen MR) is 79.3 cm³/mol. The smallest absolute Gasteiger partial charge is 0.246 e. The molecule has 1 rings (SSSR count). The van der Waals surface area contributed by atoms with Gasteiger partial charge < -0.3 is 10.1 Å². The molecule has 114 valence electrons. The van der Waals surface area contributed by atoms with Crippen LogP contribution in [-0.4, -0.2) is 51.1 Å². The van der Waals surface area contributed by atoms with Gasteiger partial charge in [0.1, 0.15) is 10.7 Å². The molecule has 1 aromatic rings. The second-order valence-electron chi connectivity index (χ2n) is 4.30. The van der Waals surface area contributed by atoms with Crippen molar-refractivity contribution in [3.05, 3.63) is 18.3 Å². The maximum atomic E-state index is 12.5. The zero-order valence-electron chi connectivity index (χ0n) is 12.3. The van der Waals surface area contributed by atoms with Gasteiger partial charge in [-0.05, 0) is 25.5 Å². The van der Waals surface area contributed by atoms with Crippen molar-refractivity contribution >= 4 is 15.8 Å². The van der Waals surface area contributed by atoms with E-state index in [-0.39, 0.29) is 4.90 Å². The first kappa shape index (κ1) is 16.9. The summed E-state index contributed by atoms with van der Waals surface area (Å²) in [6.07, 6.45) is 2.48. The molecule has 0 unspecified atom stereocenters. The summed E-state index contributed by atoms with van der Waals surface area (Å²) < 4.78 is 31.5. The van der Waals surface area contributed by atoms with Gasteiger partial charge in [-0.1, -0.05) is 6.92 Å². The van der Waals surface area contributed by atoms with Crippen LogP contribution >= 0.6 is 0 Å². The second kappa shape index (κ2) is 8.18. The van der Waals surface area contributed by atoms with Crippen molar-refractivity contribution in [2.75, 3.05) is 38.7 Å². The highest BCUT2D eigenvalue weighted by atomic mass is 32.2. The summed E-state index contributed by atoms with van der Waals surface area (Å²) in [5.41, 5.74) is 0. The largest absolute Gasteiger partial charge is 0.380 e. The van der Waals surface area contributed by atoms with Gasteiger partial charge in [-0.15, -0.1) is 0 Å². The fourth-order valence-electron chi connectivity index (χ4n) is 1.60. The van der Waals surface area contributed by atoms with E-state index >= 15 is 0 Å². The van der Waals surface area contributed by atoms with Crippen molar-refractivity contribution in [2.24, 2.45) is 0 Å². The zero-order chi connectivity index (χ0) is 15.0. The minimum atomic E-state index is -3.55. The first-order chi connectivity index (χ1) is 9.54. The Labute approximate surface area is 121 Å². The molecule has 0 aliphatic heterocycles. The summed E-state index contributed by atoms with van der Waals surface area (Å²) in [6, 6.07) is 3.19. The van der Waals surface area contributed by atoms with Crippen LogP contribution in [0.25, 0.3) is 0 Å². The average molecular weight is 301 g/mol. The molecule has 0 aromatic carbocycles. The predicted octanol–water partition coefficient (Wildman–Crippen LogP) is 1.56. The van der Waals surface area contributed by atoms with Gasteiger partial charge in [0.15, 0.2) is 0 Å². The minimum absolute atomic E-state index is 0.201. The fraction of sp³-hybridized carbons (Fsp3) is 0.615. The summed E-state index contributed by atoms with van der Waals surface area (Å²) in [6.45, 7) is 5.84. The lowest BCUT2D eigenvalue weighted by molar-refractivity contribution is 0.138. The molecular formula is C13H23N3O3S. The van der Waals surface area contributed by atoms with E-state index < -0.39 is 10.0 Å². The summed E-state index contributed by atoms with van der Waals surface area (Å²) in [5.74, 6) is 0.401. The summed E-state index contributed by atoms with van der Waals surface area (Å²) >= 11 is 0. The van der Waals surface area contributed by atoms with E-state index in [1.165, 1.54) is 4.31 Å². The van der Waals surface area contributed by atoms with E-state index in [0.717, 1.165) is 6.42 Å². The first-order valence-electron chi connectivity index (χ1n) is 6.77. The van der Waals surface area contributed by atoms with Gasteiger partial charge in [-0.25, -0.2) is 13.4 Å². The maximum Gasteiger partial charge on any atom is 0.246 e. The lowest BCUT2D eigenvalue weighted by atomic mass is 10.4. The van der Waals surface area contributed by atoms with Crippen LogP contribution in [0, 0.1) is 0 Å². The molecule has 0 bridgehead atoms. The number of pyridine rings is 1. The van der Waals surface area contributed by atoms with Gasteiger partial charge >= 0.3 is 0 Å². The Balaban J connectivity index is 2.90. The van der Waals surface area contributed by atoms with E-state index in [0.29, 0.717) is 32.1 Å². The van der Waals surface area contributed by atoms with Crippen LogP contribution < -0.4 is 5.32 Å². The van der Waals surface area contributed by atoms with E-state index in [1.807, 2.05) is 13.8 Å². The van der Waals surface area contributed by atoms with Crippen LogP contribution in [0.4, 0.5) is 5.82 Å². The number of nitrogens with zero attached hydrogens (tertiary/aromatic N) is 2. The monoisotopic (exact) mass is 301 g/mol. The van der Waals surface area contributed by atoms with Gasteiger partial charge in [-0.3, -0.25) is 0 Å². The van der Waals surface area contributed by atoms with Crippen molar-refractivity contribution in [1.82, 2.24) is 9.29 Å². The third-order valence-corrected chi connectivity index (χ3v) is 4.64. The van der Waals surface area contributed by atoms with Crippen molar-refractivity contribution < 1.29 is 13.2 Å². The van der Waals surface area contributed by atoms with Crippen molar-refractivity contribution in [2.45, 2.75) is 25.2 Å². The fourth-order valence-corrected chi connectivity index (χ4v) is 2.87. The molecule has 0 atom stereocenters. The van der Waals surface area contributed by atoms with Crippen LogP contribution in [0.15, 0.2) is 23.2 Å². The van der Waals surface area contributed by atoms with Crippen molar-refractivity contribution in [3.8, 4) is 0 Å². The number of likely N-dealkylation sites (N-methyl/N-ethyl adjacent to an activating group) is 1. The topological polar surface area (TPSA) is 71.5 Å². The lowest BCUT2D eigenvalue weighted by Gasteiger charge is -2.19. The number of hydrogen-bond acceptors (Lipinski definition) is 5. The van der Waals surface area contributed by atoms with Crippen LogP contribution in [0.2, 0.25) is 0 Å². The number of rotatable bonds is 9. The normalized spacial score (nSPS) is 11.8. The highest BCUT2D eigenvalue weighted by Crippen LogP contribution is 2.21. The number of sulfonamides is 1. The molecule has 0 aliphatic rings. The first-order valence-corrected chi connectivity index (χ1v) is 8.21. The Kier molecular flexibility index (Phi) is 6.90. The molecule has 0 spiro atoms. The third kappa shape index (κ3) is 4.43. The van der Waals surface area contributed by atoms with E-state index in [9.17, 15) is 8.42 Å². The molecule has 0 aliphatic carbocycles. The van der Waals surface area contributed by atoms with E-state index in [2.05, 4.69) is 10.3 Å². The number of hydrogen-bond donors (Lipinski definition) is 1. The van der Waals surface area contributed by atoms with Gasteiger partial charge in [0, 0.05) is 32.9 Å². The van der Waals surface area contributed by atoms with Crippen LogP contribution in [0.3, 0.4) is 0 Å². The number of anilines is 1. The summed E-state index contributed by atoms with van der Waals surface area (Å²) in [4.78, 5) is 4.31. The zero-order valence-corrected chi connectivity index (χ0v) is 13.1. The number of ether oxygens (including phenoxy) is 1. The Hall–Kier alpha value is -1.18. The Morgan fingerprint density at radius 3 is 2.80 bits per heavy atom. The maximum absolute atomic E-state index is 12.5. The molecule has 0 amide bonds. The van der Waals surface area contributed by atoms with Crippen molar-refractivity contribution in [3.63, 3.8) is 0 Å². The van der Waals surface area contributed by atoms with Crippen LogP contribution in [-0.2, 0) is 14.8 Å². The molecule has 6 nitrogen and oxygen atoms in total. The summed E-state index contributed by atoms with van der Waals surface area (Å²) in [7, 11) is -2.01. The lowest BCUT2D eigenvalue weighted by Crippen LogP contribution is -2.31. The number of aromatic nitrogens is 1.